The Balaban J connectivity index is 1.77. The van der Waals surface area contributed by atoms with Crippen LogP contribution in [0.25, 0.3) is 10.4 Å². The minimum Gasteiger partial charge on any atom is -0.374 e. The number of aliphatic hydroxyl groups is 1. The van der Waals surface area contributed by atoms with E-state index < -0.39 is 24.1 Å². The van der Waals surface area contributed by atoms with E-state index in [9.17, 15) is 22.7 Å². The molecule has 11 heteroatoms. The summed E-state index contributed by atoms with van der Waals surface area (Å²) in [6.45, 7) is 1.69. The molecule has 30 heavy (non-hydrogen) atoms. The Morgan fingerprint density at radius 2 is 1.87 bits per heavy atom. The van der Waals surface area contributed by atoms with Crippen molar-refractivity contribution in [2.24, 2.45) is 7.05 Å². The van der Waals surface area contributed by atoms with Crippen LogP contribution in [0.4, 0.5) is 17.6 Å². The average molecular weight is 482 g/mol. The third-order valence-corrected chi connectivity index (χ3v) is 6.43. The van der Waals surface area contributed by atoms with Crippen molar-refractivity contribution >= 4 is 34.5 Å². The van der Waals surface area contributed by atoms with E-state index in [0.29, 0.717) is 25.4 Å². The molecule has 3 rings (SSSR count). The molecule has 4 nitrogen and oxygen atoms in total. The Kier molecular flexibility index (Phi) is 6.78. The zero-order valence-electron chi connectivity index (χ0n) is 15.8. The second kappa shape index (κ2) is 8.84. The molecule has 2 aromatic heterocycles. The molecule has 2 unspecified atom stereocenters. The van der Waals surface area contributed by atoms with E-state index in [0.717, 1.165) is 10.9 Å². The second-order valence-corrected chi connectivity index (χ2v) is 8.78. The molecule has 1 aromatic carbocycles. The Morgan fingerprint density at radius 3 is 2.47 bits per heavy atom. The van der Waals surface area contributed by atoms with Crippen LogP contribution in [0.1, 0.15) is 30.0 Å². The standard InChI is InChI=1S/C19H17Cl2F4N3OS/c1-9(26-18(29)13-8-28(2)27-16(13)19(23,24)25)7-12-14(20)15(30-17(12)21)10-3-5-11(22)6-4-10/h3-6,8-9,18,26,29H,7H2,1-2H3. The summed E-state index contributed by atoms with van der Waals surface area (Å²) in [7, 11) is 1.34. The fraction of sp³-hybridized carbons (Fsp3) is 0.316. The van der Waals surface area contributed by atoms with Crippen molar-refractivity contribution in [2.75, 3.05) is 0 Å². The molecule has 3 aromatic rings. The van der Waals surface area contributed by atoms with Gasteiger partial charge in [0.2, 0.25) is 0 Å². The highest BCUT2D eigenvalue weighted by Crippen LogP contribution is 2.43. The fourth-order valence-electron chi connectivity index (χ4n) is 3.03. The molecule has 0 aliphatic heterocycles. The molecular formula is C19H17Cl2F4N3OS. The van der Waals surface area contributed by atoms with Crippen LogP contribution < -0.4 is 5.32 Å². The van der Waals surface area contributed by atoms with Gasteiger partial charge in [-0.1, -0.05) is 35.3 Å². The summed E-state index contributed by atoms with van der Waals surface area (Å²) in [6, 6.07) is 5.32. The third kappa shape index (κ3) is 4.97. The number of hydrogen-bond acceptors (Lipinski definition) is 4. The Hall–Kier alpha value is -1.65. The molecule has 0 radical (unpaired) electrons. The van der Waals surface area contributed by atoms with Gasteiger partial charge in [0.05, 0.1) is 14.2 Å². The third-order valence-electron chi connectivity index (χ3n) is 4.37. The van der Waals surface area contributed by atoms with Gasteiger partial charge in [0.15, 0.2) is 5.69 Å². The Bertz CT molecular complexity index is 1030. The first-order valence-electron chi connectivity index (χ1n) is 8.74. The minimum atomic E-state index is -4.69. The van der Waals surface area contributed by atoms with Crippen LogP contribution >= 0.6 is 34.5 Å². The van der Waals surface area contributed by atoms with Crippen molar-refractivity contribution in [3.05, 3.63) is 62.5 Å². The summed E-state index contributed by atoms with van der Waals surface area (Å²) in [5, 5.41) is 16.8. The maximum absolute atomic E-state index is 13.2. The lowest BCUT2D eigenvalue weighted by Gasteiger charge is -2.19. The molecule has 162 valence electrons. The van der Waals surface area contributed by atoms with Gasteiger partial charge in [-0.15, -0.1) is 11.3 Å². The molecule has 0 aliphatic rings. The molecule has 0 fully saturated rings. The maximum Gasteiger partial charge on any atom is 0.435 e. The Morgan fingerprint density at radius 1 is 1.23 bits per heavy atom. The van der Waals surface area contributed by atoms with Gasteiger partial charge in [-0.05, 0) is 31.0 Å². The molecule has 0 aliphatic carbocycles. The van der Waals surface area contributed by atoms with E-state index in [1.165, 1.54) is 30.5 Å². The predicted molar refractivity (Wildman–Crippen MR) is 109 cm³/mol. The number of benzene rings is 1. The number of thiophene rings is 1. The van der Waals surface area contributed by atoms with Crippen molar-refractivity contribution < 1.29 is 22.7 Å². The lowest BCUT2D eigenvalue weighted by molar-refractivity contribution is -0.143. The minimum absolute atomic E-state index is 0.258. The number of aliphatic hydroxyl groups excluding tert-OH is 1. The van der Waals surface area contributed by atoms with Crippen molar-refractivity contribution in [1.82, 2.24) is 15.1 Å². The molecule has 0 saturated carbocycles. The van der Waals surface area contributed by atoms with Crippen molar-refractivity contribution in [2.45, 2.75) is 31.8 Å². The smallest absolute Gasteiger partial charge is 0.374 e. The molecular weight excluding hydrogens is 465 g/mol. The van der Waals surface area contributed by atoms with E-state index >= 15 is 0 Å². The fourth-order valence-corrected chi connectivity index (χ4v) is 4.89. The van der Waals surface area contributed by atoms with Crippen LogP contribution in [-0.4, -0.2) is 20.9 Å². The van der Waals surface area contributed by atoms with E-state index in [2.05, 4.69) is 10.4 Å². The van der Waals surface area contributed by atoms with Gasteiger partial charge in [0.25, 0.3) is 0 Å². The molecule has 2 atom stereocenters. The van der Waals surface area contributed by atoms with E-state index in [-0.39, 0.29) is 17.8 Å². The monoisotopic (exact) mass is 481 g/mol. The number of halogens is 6. The van der Waals surface area contributed by atoms with E-state index in [1.54, 1.807) is 19.1 Å². The van der Waals surface area contributed by atoms with Crippen LogP contribution in [-0.2, 0) is 19.6 Å². The lowest BCUT2D eigenvalue weighted by atomic mass is 10.1. The predicted octanol–water partition coefficient (Wildman–Crippen LogP) is 5.83. The van der Waals surface area contributed by atoms with Crippen LogP contribution in [0.3, 0.4) is 0 Å². The first-order chi connectivity index (χ1) is 14.0. The maximum atomic E-state index is 13.2. The molecule has 0 bridgehead atoms. The van der Waals surface area contributed by atoms with Gasteiger partial charge in [0, 0.05) is 30.4 Å². The van der Waals surface area contributed by atoms with Gasteiger partial charge in [-0.25, -0.2) is 4.39 Å². The molecule has 2 heterocycles. The lowest BCUT2D eigenvalue weighted by Crippen LogP contribution is -2.33. The number of rotatable bonds is 6. The molecule has 2 N–H and O–H groups in total. The van der Waals surface area contributed by atoms with Crippen LogP contribution in [0.15, 0.2) is 30.5 Å². The normalized spacial score (nSPS) is 14.2. The summed E-state index contributed by atoms with van der Waals surface area (Å²) < 4.78 is 54.0. The number of hydrogen-bond donors (Lipinski definition) is 2. The number of alkyl halides is 3. The summed E-state index contributed by atoms with van der Waals surface area (Å²) in [5.74, 6) is -0.377. The van der Waals surface area contributed by atoms with Crippen LogP contribution in [0, 0.1) is 5.82 Å². The number of nitrogens with one attached hydrogen (secondary N) is 1. The summed E-state index contributed by atoms with van der Waals surface area (Å²) >= 11 is 14.0. The first kappa shape index (κ1) is 23.0. The summed E-state index contributed by atoms with van der Waals surface area (Å²) in [6.07, 6.45) is -4.90. The number of aryl methyl sites for hydroxylation is 1. The molecule has 0 amide bonds. The van der Waals surface area contributed by atoms with Gasteiger partial charge in [-0.2, -0.15) is 18.3 Å². The van der Waals surface area contributed by atoms with E-state index in [1.807, 2.05) is 0 Å². The van der Waals surface area contributed by atoms with Gasteiger partial charge < -0.3 is 5.11 Å². The van der Waals surface area contributed by atoms with Crippen LogP contribution in [0.5, 0.6) is 0 Å². The van der Waals surface area contributed by atoms with Gasteiger partial charge in [-0.3, -0.25) is 10.00 Å². The van der Waals surface area contributed by atoms with E-state index in [4.69, 9.17) is 23.2 Å². The summed E-state index contributed by atoms with van der Waals surface area (Å²) in [4.78, 5) is 0.663. The molecule has 0 saturated heterocycles. The van der Waals surface area contributed by atoms with Crippen molar-refractivity contribution in [3.8, 4) is 10.4 Å². The van der Waals surface area contributed by atoms with Crippen LogP contribution in [0.2, 0.25) is 9.36 Å². The SMILES string of the molecule is CC(Cc1c(Cl)sc(-c2ccc(F)cc2)c1Cl)NC(O)c1cn(C)nc1C(F)(F)F. The second-order valence-electron chi connectivity index (χ2n) is 6.78. The molecule has 0 spiro atoms. The largest absolute Gasteiger partial charge is 0.435 e. The quantitative estimate of drug-likeness (QED) is 0.344. The average Bonchev–Trinajstić information content (AvgIpc) is 3.18. The highest BCUT2D eigenvalue weighted by atomic mass is 35.5. The zero-order valence-corrected chi connectivity index (χ0v) is 18.1. The highest BCUT2D eigenvalue weighted by molar-refractivity contribution is 7.20. The topological polar surface area (TPSA) is 50.1 Å². The van der Waals surface area contributed by atoms with Gasteiger partial charge in [0.1, 0.15) is 12.0 Å². The number of aromatic nitrogens is 2. The Labute approximate surface area is 184 Å². The summed E-state index contributed by atoms with van der Waals surface area (Å²) in [5.41, 5.74) is -0.226. The van der Waals surface area contributed by atoms with Crippen molar-refractivity contribution in [3.63, 3.8) is 0 Å². The van der Waals surface area contributed by atoms with Gasteiger partial charge >= 0.3 is 6.18 Å². The first-order valence-corrected chi connectivity index (χ1v) is 10.3. The highest BCUT2D eigenvalue weighted by Gasteiger charge is 2.39. The number of nitrogens with zero attached hydrogens (tertiary/aromatic N) is 2. The van der Waals surface area contributed by atoms with Crippen molar-refractivity contribution in [1.29, 1.82) is 0 Å². The zero-order chi connectivity index (χ0) is 22.2.